The summed E-state index contributed by atoms with van der Waals surface area (Å²) < 4.78 is 29.9. The van der Waals surface area contributed by atoms with Crippen LogP contribution in [0.15, 0.2) is 23.1 Å². The molecule has 116 valence electrons. The van der Waals surface area contributed by atoms with E-state index in [-0.39, 0.29) is 16.2 Å². The van der Waals surface area contributed by atoms with Crippen molar-refractivity contribution in [1.82, 2.24) is 5.32 Å². The molecular weight excluding hydrogens is 298 g/mol. The maximum atomic E-state index is 12.5. The summed E-state index contributed by atoms with van der Waals surface area (Å²) in [5.74, 6) is -1.92. The maximum Gasteiger partial charge on any atom is 0.335 e. The van der Waals surface area contributed by atoms with Gasteiger partial charge in [0.1, 0.15) is 15.9 Å². The normalized spacial score (nSPS) is 12.5. The summed E-state index contributed by atoms with van der Waals surface area (Å²) in [6, 6.07) is 3.48. The van der Waals surface area contributed by atoms with Crippen molar-refractivity contribution in [3.63, 3.8) is 0 Å². The predicted molar refractivity (Wildman–Crippen MR) is 75.3 cm³/mol. The van der Waals surface area contributed by atoms with E-state index in [9.17, 15) is 18.0 Å². The van der Waals surface area contributed by atoms with Crippen LogP contribution in [0.25, 0.3) is 0 Å². The molecule has 0 saturated carbocycles. The van der Waals surface area contributed by atoms with Crippen LogP contribution in [-0.4, -0.2) is 44.3 Å². The lowest BCUT2D eigenvalue weighted by molar-refractivity contribution is -0.120. The number of aromatic carboxylic acids is 1. The van der Waals surface area contributed by atoms with Crippen molar-refractivity contribution in [2.45, 2.75) is 24.0 Å². The summed E-state index contributed by atoms with van der Waals surface area (Å²) in [4.78, 5) is 22.4. The summed E-state index contributed by atoms with van der Waals surface area (Å²) in [6.45, 7) is 3.21. The van der Waals surface area contributed by atoms with Gasteiger partial charge >= 0.3 is 5.97 Å². The molecule has 0 radical (unpaired) electrons. The van der Waals surface area contributed by atoms with Crippen LogP contribution < -0.4 is 10.1 Å². The van der Waals surface area contributed by atoms with Gasteiger partial charge in [0.2, 0.25) is 5.91 Å². The van der Waals surface area contributed by atoms with E-state index in [0.717, 1.165) is 6.07 Å². The SMILES string of the molecule is CCNC(=O)C(C)S(=O)(=O)c1cc(C(=O)O)ccc1OC. The van der Waals surface area contributed by atoms with Crippen LogP contribution >= 0.6 is 0 Å². The Balaban J connectivity index is 3.38. The highest BCUT2D eigenvalue weighted by Crippen LogP contribution is 2.28. The molecule has 21 heavy (non-hydrogen) atoms. The van der Waals surface area contributed by atoms with Gasteiger partial charge in [-0.25, -0.2) is 13.2 Å². The van der Waals surface area contributed by atoms with Gasteiger partial charge in [0, 0.05) is 6.54 Å². The zero-order valence-corrected chi connectivity index (χ0v) is 12.7. The zero-order valence-electron chi connectivity index (χ0n) is 11.9. The van der Waals surface area contributed by atoms with Crippen LogP contribution in [0.5, 0.6) is 5.75 Å². The third-order valence-electron chi connectivity index (χ3n) is 2.90. The van der Waals surface area contributed by atoms with Gasteiger partial charge in [-0.3, -0.25) is 4.79 Å². The van der Waals surface area contributed by atoms with Gasteiger partial charge in [-0.1, -0.05) is 0 Å². The molecule has 0 bridgehead atoms. The highest BCUT2D eigenvalue weighted by Gasteiger charge is 2.32. The van der Waals surface area contributed by atoms with Gasteiger partial charge in [-0.05, 0) is 32.0 Å². The highest BCUT2D eigenvalue weighted by atomic mass is 32.2. The van der Waals surface area contributed by atoms with Crippen LogP contribution in [0.3, 0.4) is 0 Å². The number of methoxy groups -OCH3 is 1. The lowest BCUT2D eigenvalue weighted by Gasteiger charge is -2.15. The fourth-order valence-electron chi connectivity index (χ4n) is 1.68. The zero-order chi connectivity index (χ0) is 16.2. The second-order valence-corrected chi connectivity index (χ2v) is 6.49. The molecule has 1 rings (SSSR count). The smallest absolute Gasteiger partial charge is 0.335 e. The Kier molecular flexibility index (Phi) is 5.31. The van der Waals surface area contributed by atoms with E-state index in [1.54, 1.807) is 6.92 Å². The van der Waals surface area contributed by atoms with Gasteiger partial charge < -0.3 is 15.2 Å². The molecule has 8 heteroatoms. The Morgan fingerprint density at radius 1 is 1.38 bits per heavy atom. The number of rotatable bonds is 6. The summed E-state index contributed by atoms with van der Waals surface area (Å²) in [7, 11) is -2.79. The van der Waals surface area contributed by atoms with Crippen molar-refractivity contribution in [2.75, 3.05) is 13.7 Å². The lowest BCUT2D eigenvalue weighted by atomic mass is 10.2. The van der Waals surface area contributed by atoms with E-state index >= 15 is 0 Å². The summed E-state index contributed by atoms with van der Waals surface area (Å²) >= 11 is 0. The first-order chi connectivity index (χ1) is 9.75. The average molecular weight is 315 g/mol. The molecule has 1 atom stereocenters. The summed E-state index contributed by atoms with van der Waals surface area (Å²) in [5.41, 5.74) is -0.197. The van der Waals surface area contributed by atoms with E-state index in [1.165, 1.54) is 26.2 Å². The maximum absolute atomic E-state index is 12.5. The minimum Gasteiger partial charge on any atom is -0.495 e. The second-order valence-electron chi connectivity index (χ2n) is 4.25. The molecule has 1 aromatic carbocycles. The number of hydrogen-bond acceptors (Lipinski definition) is 5. The Morgan fingerprint density at radius 2 is 2.00 bits per heavy atom. The van der Waals surface area contributed by atoms with Crippen LogP contribution in [0, 0.1) is 0 Å². The summed E-state index contributed by atoms with van der Waals surface area (Å²) in [5, 5.41) is 10.0. The van der Waals surface area contributed by atoms with Crippen molar-refractivity contribution in [3.05, 3.63) is 23.8 Å². The Labute approximate surface area is 122 Å². The topological polar surface area (TPSA) is 110 Å². The Hall–Kier alpha value is -2.09. The molecule has 1 amide bonds. The number of nitrogens with one attached hydrogen (secondary N) is 1. The molecule has 0 aromatic heterocycles. The van der Waals surface area contributed by atoms with Gasteiger partial charge in [-0.15, -0.1) is 0 Å². The molecule has 2 N–H and O–H groups in total. The van der Waals surface area contributed by atoms with Crippen molar-refractivity contribution >= 4 is 21.7 Å². The number of sulfone groups is 1. The lowest BCUT2D eigenvalue weighted by Crippen LogP contribution is -2.37. The van der Waals surface area contributed by atoms with Gasteiger partial charge in [0.05, 0.1) is 12.7 Å². The number of hydrogen-bond donors (Lipinski definition) is 2. The Bertz CT molecular complexity index is 653. The number of carboxylic acids is 1. The van der Waals surface area contributed by atoms with Crippen molar-refractivity contribution < 1.29 is 27.9 Å². The molecule has 0 heterocycles. The molecule has 0 spiro atoms. The number of carbonyl (C=O) groups excluding carboxylic acids is 1. The minimum absolute atomic E-state index is 0.00357. The molecule has 0 aliphatic heterocycles. The van der Waals surface area contributed by atoms with Crippen LogP contribution in [0.1, 0.15) is 24.2 Å². The van der Waals surface area contributed by atoms with Gasteiger partial charge in [0.15, 0.2) is 9.84 Å². The molecule has 7 nitrogen and oxygen atoms in total. The molecular formula is C13H17NO6S. The quantitative estimate of drug-likeness (QED) is 0.799. The van der Waals surface area contributed by atoms with Crippen molar-refractivity contribution in [1.29, 1.82) is 0 Å². The standard InChI is InChI=1S/C13H17NO6S/c1-4-14-12(15)8(2)21(18,19)11-7-9(13(16)17)5-6-10(11)20-3/h5-8H,4H2,1-3H3,(H,14,15)(H,16,17). The summed E-state index contributed by atoms with van der Waals surface area (Å²) in [6.07, 6.45) is 0. The fraction of sp³-hybridized carbons (Fsp3) is 0.385. The van der Waals surface area contributed by atoms with E-state index in [0.29, 0.717) is 6.54 Å². The number of carboxylic acid groups (broad SMARTS) is 1. The van der Waals surface area contributed by atoms with Crippen LogP contribution in [0.2, 0.25) is 0 Å². The third kappa shape index (κ3) is 3.52. The van der Waals surface area contributed by atoms with Crippen LogP contribution in [-0.2, 0) is 14.6 Å². The number of carbonyl (C=O) groups is 2. The van der Waals surface area contributed by atoms with Crippen molar-refractivity contribution in [3.8, 4) is 5.75 Å². The molecule has 0 aliphatic carbocycles. The van der Waals surface area contributed by atoms with E-state index in [2.05, 4.69) is 5.32 Å². The van der Waals surface area contributed by atoms with E-state index < -0.39 is 27.0 Å². The van der Waals surface area contributed by atoms with E-state index in [4.69, 9.17) is 9.84 Å². The third-order valence-corrected chi connectivity index (χ3v) is 4.98. The van der Waals surface area contributed by atoms with Gasteiger partial charge in [0.25, 0.3) is 0 Å². The number of ether oxygens (including phenoxy) is 1. The van der Waals surface area contributed by atoms with Gasteiger partial charge in [-0.2, -0.15) is 0 Å². The van der Waals surface area contributed by atoms with Crippen molar-refractivity contribution in [2.24, 2.45) is 0 Å². The molecule has 0 fully saturated rings. The largest absolute Gasteiger partial charge is 0.495 e. The molecule has 0 aliphatic rings. The molecule has 1 unspecified atom stereocenters. The fourth-order valence-corrected chi connectivity index (χ4v) is 3.15. The highest BCUT2D eigenvalue weighted by molar-refractivity contribution is 7.92. The monoisotopic (exact) mass is 315 g/mol. The molecule has 0 saturated heterocycles. The first-order valence-electron chi connectivity index (χ1n) is 6.18. The predicted octanol–water partition coefficient (Wildman–Crippen LogP) is 0.692. The molecule has 1 aromatic rings. The second kappa shape index (κ2) is 6.57. The van der Waals surface area contributed by atoms with E-state index in [1.807, 2.05) is 0 Å². The Morgan fingerprint density at radius 3 is 2.48 bits per heavy atom. The first-order valence-corrected chi connectivity index (χ1v) is 7.73. The van der Waals surface area contributed by atoms with Crippen LogP contribution in [0.4, 0.5) is 0 Å². The number of benzene rings is 1. The first kappa shape index (κ1) is 17.0. The average Bonchev–Trinajstić information content (AvgIpc) is 2.45. The minimum atomic E-state index is -4.06. The number of amides is 1.